The minimum absolute atomic E-state index is 0.910. The molecule has 0 aliphatic heterocycles. The summed E-state index contributed by atoms with van der Waals surface area (Å²) < 4.78 is 0. The number of benzene rings is 3. The zero-order valence-corrected chi connectivity index (χ0v) is 10.7. The van der Waals surface area contributed by atoms with E-state index >= 15 is 0 Å². The number of hydrogen-bond acceptors (Lipinski definition) is 1. The Balaban J connectivity index is 2.20. The van der Waals surface area contributed by atoms with Crippen molar-refractivity contribution < 1.29 is 5.11 Å². The predicted octanol–water partition coefficient (Wildman–Crippen LogP) is 4.08. The minimum atomic E-state index is -0.910. The van der Waals surface area contributed by atoms with Crippen molar-refractivity contribution >= 4 is 10.8 Å². The number of hydrogen-bond donors (Lipinski definition) is 1. The van der Waals surface area contributed by atoms with Gasteiger partial charge in [0.15, 0.2) is 0 Å². The lowest BCUT2D eigenvalue weighted by Crippen LogP contribution is -2.19. The van der Waals surface area contributed by atoms with Crippen LogP contribution in [0.25, 0.3) is 21.9 Å². The Morgan fingerprint density at radius 2 is 1.53 bits per heavy atom. The summed E-state index contributed by atoms with van der Waals surface area (Å²) in [5.41, 5.74) is 3.42. The maximum Gasteiger partial charge on any atom is 0.114 e. The highest BCUT2D eigenvalue weighted by Gasteiger charge is 2.38. The molecule has 0 saturated heterocycles. The summed E-state index contributed by atoms with van der Waals surface area (Å²) in [6, 6.07) is 20.6. The van der Waals surface area contributed by atoms with Gasteiger partial charge in [-0.2, -0.15) is 0 Å². The summed E-state index contributed by atoms with van der Waals surface area (Å²) in [6.07, 6.45) is 0. The second-order valence-corrected chi connectivity index (χ2v) is 5.33. The minimum Gasteiger partial charge on any atom is -0.381 e. The van der Waals surface area contributed by atoms with Crippen LogP contribution in [0.4, 0.5) is 0 Å². The third kappa shape index (κ3) is 1.28. The Labute approximate surface area is 112 Å². The first-order valence-electron chi connectivity index (χ1n) is 6.54. The van der Waals surface area contributed by atoms with Crippen LogP contribution in [0.5, 0.6) is 0 Å². The van der Waals surface area contributed by atoms with Crippen molar-refractivity contribution in [3.05, 3.63) is 71.8 Å². The molecule has 3 aromatic carbocycles. The molecule has 0 heterocycles. The highest BCUT2D eigenvalue weighted by atomic mass is 16.3. The fourth-order valence-electron chi connectivity index (χ4n) is 3.30. The number of fused-ring (bicyclic) bond motifs is 5. The Hall–Kier alpha value is -2.12. The van der Waals surface area contributed by atoms with Crippen LogP contribution in [0.3, 0.4) is 0 Å². The lowest BCUT2D eigenvalue weighted by Gasteiger charge is -2.21. The second-order valence-electron chi connectivity index (χ2n) is 5.33. The topological polar surface area (TPSA) is 20.2 Å². The Morgan fingerprint density at radius 3 is 2.42 bits per heavy atom. The molecular formula is C18H14O. The average Bonchev–Trinajstić information content (AvgIpc) is 2.68. The largest absolute Gasteiger partial charge is 0.381 e. The normalized spacial score (nSPS) is 20.3. The van der Waals surface area contributed by atoms with Gasteiger partial charge in [-0.05, 0) is 34.4 Å². The summed E-state index contributed by atoms with van der Waals surface area (Å²) in [5.74, 6) is 0. The van der Waals surface area contributed by atoms with Crippen LogP contribution in [-0.4, -0.2) is 5.11 Å². The fourth-order valence-corrected chi connectivity index (χ4v) is 3.30. The van der Waals surface area contributed by atoms with Crippen molar-refractivity contribution in [3.8, 4) is 11.1 Å². The molecule has 19 heavy (non-hydrogen) atoms. The molecule has 1 nitrogen and oxygen atoms in total. The van der Waals surface area contributed by atoms with E-state index in [1.807, 2.05) is 37.3 Å². The molecule has 3 aromatic rings. The lowest BCUT2D eigenvalue weighted by atomic mass is 9.90. The molecule has 92 valence electrons. The first kappa shape index (κ1) is 10.8. The smallest absolute Gasteiger partial charge is 0.114 e. The highest BCUT2D eigenvalue weighted by molar-refractivity contribution is 5.96. The zero-order chi connectivity index (χ0) is 13.0. The molecule has 0 saturated carbocycles. The van der Waals surface area contributed by atoms with Crippen LogP contribution < -0.4 is 0 Å². The second kappa shape index (κ2) is 3.46. The Bertz CT molecular complexity index is 800. The van der Waals surface area contributed by atoms with E-state index in [1.54, 1.807) is 0 Å². The van der Waals surface area contributed by atoms with Crippen LogP contribution in [0.15, 0.2) is 60.7 Å². The van der Waals surface area contributed by atoms with Crippen LogP contribution in [0, 0.1) is 0 Å². The van der Waals surface area contributed by atoms with Gasteiger partial charge in [0.25, 0.3) is 0 Å². The summed E-state index contributed by atoms with van der Waals surface area (Å²) in [5, 5.41) is 13.3. The molecule has 0 spiro atoms. The molecule has 0 bridgehead atoms. The molecule has 1 heteroatoms. The van der Waals surface area contributed by atoms with Gasteiger partial charge in [-0.3, -0.25) is 0 Å². The van der Waals surface area contributed by atoms with Gasteiger partial charge in [0.2, 0.25) is 0 Å². The van der Waals surface area contributed by atoms with Crippen molar-refractivity contribution in [3.63, 3.8) is 0 Å². The van der Waals surface area contributed by atoms with Crippen LogP contribution in [0.2, 0.25) is 0 Å². The van der Waals surface area contributed by atoms with Crippen molar-refractivity contribution in [1.82, 2.24) is 0 Å². The van der Waals surface area contributed by atoms with E-state index in [4.69, 9.17) is 0 Å². The standard InChI is InChI=1S/C18H14O/c1-18(19)16-9-5-4-8-14(16)15-11-10-12-6-2-3-7-13(12)17(15)18/h2-11,19H,1H3. The first-order chi connectivity index (χ1) is 9.19. The van der Waals surface area contributed by atoms with Gasteiger partial charge >= 0.3 is 0 Å². The first-order valence-corrected chi connectivity index (χ1v) is 6.54. The lowest BCUT2D eigenvalue weighted by molar-refractivity contribution is 0.109. The average molecular weight is 246 g/mol. The summed E-state index contributed by atoms with van der Waals surface area (Å²) >= 11 is 0. The van der Waals surface area contributed by atoms with Gasteiger partial charge < -0.3 is 5.11 Å². The molecule has 1 unspecified atom stereocenters. The Kier molecular flexibility index (Phi) is 1.96. The van der Waals surface area contributed by atoms with E-state index in [-0.39, 0.29) is 0 Å². The monoisotopic (exact) mass is 246 g/mol. The molecule has 0 radical (unpaired) electrons. The van der Waals surface area contributed by atoms with Crippen LogP contribution in [-0.2, 0) is 5.60 Å². The van der Waals surface area contributed by atoms with Gasteiger partial charge in [-0.1, -0.05) is 60.7 Å². The molecular weight excluding hydrogens is 232 g/mol. The van der Waals surface area contributed by atoms with E-state index in [1.165, 1.54) is 5.39 Å². The maximum atomic E-state index is 11.0. The van der Waals surface area contributed by atoms with Crippen molar-refractivity contribution in [2.75, 3.05) is 0 Å². The van der Waals surface area contributed by atoms with E-state index in [0.29, 0.717) is 0 Å². The SMILES string of the molecule is CC1(O)c2ccccc2-c2ccc3ccccc3c21. The molecule has 4 rings (SSSR count). The van der Waals surface area contributed by atoms with Crippen molar-refractivity contribution in [2.24, 2.45) is 0 Å². The van der Waals surface area contributed by atoms with Gasteiger partial charge in [-0.15, -0.1) is 0 Å². The van der Waals surface area contributed by atoms with E-state index in [0.717, 1.165) is 27.6 Å². The highest BCUT2D eigenvalue weighted by Crippen LogP contribution is 2.49. The Morgan fingerprint density at radius 1 is 0.789 bits per heavy atom. The zero-order valence-electron chi connectivity index (χ0n) is 10.7. The van der Waals surface area contributed by atoms with Crippen molar-refractivity contribution in [2.45, 2.75) is 12.5 Å². The third-order valence-electron chi connectivity index (χ3n) is 4.16. The third-order valence-corrected chi connectivity index (χ3v) is 4.16. The van der Waals surface area contributed by atoms with Gasteiger partial charge in [0.1, 0.15) is 5.60 Å². The van der Waals surface area contributed by atoms with Gasteiger partial charge in [-0.25, -0.2) is 0 Å². The molecule has 0 amide bonds. The predicted molar refractivity (Wildman–Crippen MR) is 78.1 cm³/mol. The fraction of sp³-hybridized carbons (Fsp3) is 0.111. The van der Waals surface area contributed by atoms with Gasteiger partial charge in [0.05, 0.1) is 0 Å². The van der Waals surface area contributed by atoms with Crippen LogP contribution >= 0.6 is 0 Å². The maximum absolute atomic E-state index is 11.0. The molecule has 0 aromatic heterocycles. The van der Waals surface area contributed by atoms with Crippen LogP contribution in [0.1, 0.15) is 18.1 Å². The van der Waals surface area contributed by atoms with E-state index < -0.39 is 5.60 Å². The molecule has 1 atom stereocenters. The van der Waals surface area contributed by atoms with E-state index in [2.05, 4.69) is 30.3 Å². The number of aliphatic hydroxyl groups is 1. The van der Waals surface area contributed by atoms with E-state index in [9.17, 15) is 5.11 Å². The molecule has 1 N–H and O–H groups in total. The molecule has 0 fully saturated rings. The van der Waals surface area contributed by atoms with Gasteiger partial charge in [0, 0.05) is 5.56 Å². The van der Waals surface area contributed by atoms with Crippen molar-refractivity contribution in [1.29, 1.82) is 0 Å². The molecule has 1 aliphatic rings. The summed E-state index contributed by atoms with van der Waals surface area (Å²) in [4.78, 5) is 0. The molecule has 1 aliphatic carbocycles. The quantitative estimate of drug-likeness (QED) is 0.633. The summed E-state index contributed by atoms with van der Waals surface area (Å²) in [7, 11) is 0. The number of rotatable bonds is 0. The summed E-state index contributed by atoms with van der Waals surface area (Å²) in [6.45, 7) is 1.89.